The van der Waals surface area contributed by atoms with Gasteiger partial charge in [0.1, 0.15) is 11.2 Å². The van der Waals surface area contributed by atoms with Crippen LogP contribution < -0.4 is 5.36 Å². The predicted octanol–water partition coefficient (Wildman–Crippen LogP) is 5.05. The zero-order valence-electron chi connectivity index (χ0n) is 17.9. The standard InChI is InChI=1S/C26H21N3O2/c1-14-9-10-19-17(11-14)26(2,3)18-13-29-21-8-6-5-7-15(21)16-12-20(25(30)31-4)28-23(24(16)29)22(18)27-19/h5-13H,1-4H3. The highest BCUT2D eigenvalue weighted by Crippen LogP contribution is 2.41. The van der Waals surface area contributed by atoms with Crippen LogP contribution >= 0.6 is 0 Å². The molecule has 4 heterocycles. The van der Waals surface area contributed by atoms with E-state index in [9.17, 15) is 4.79 Å². The lowest BCUT2D eigenvalue weighted by molar-refractivity contribution is 0.0594. The number of aryl methyl sites for hydroxylation is 1. The number of rotatable bonds is 1. The molecule has 0 N–H and O–H groups in total. The molecule has 2 aromatic carbocycles. The number of carbonyl (C=O) groups is 1. The number of methoxy groups -OCH3 is 1. The third-order valence-electron chi connectivity index (χ3n) is 6.55. The van der Waals surface area contributed by atoms with Crippen molar-refractivity contribution in [3.63, 3.8) is 0 Å². The summed E-state index contributed by atoms with van der Waals surface area (Å²) in [5.74, 6) is -0.447. The van der Waals surface area contributed by atoms with E-state index in [1.54, 1.807) is 0 Å². The molecule has 0 saturated carbocycles. The number of pyridine rings is 2. The van der Waals surface area contributed by atoms with E-state index >= 15 is 0 Å². The second-order valence-electron chi connectivity index (χ2n) is 8.78. The zero-order valence-corrected chi connectivity index (χ0v) is 17.9. The smallest absolute Gasteiger partial charge is 0.356 e. The molecule has 3 aromatic heterocycles. The molecular formula is C26H21N3O2. The van der Waals surface area contributed by atoms with Crippen molar-refractivity contribution in [2.24, 2.45) is 4.99 Å². The van der Waals surface area contributed by atoms with Crippen molar-refractivity contribution in [1.29, 1.82) is 0 Å². The SMILES string of the molecule is COC(=O)c1cc2c3ccccc3n3cc4c(c(n1)c23)=Nc1ccc(C)cc1C4(C)C. The minimum atomic E-state index is -0.447. The van der Waals surface area contributed by atoms with Gasteiger partial charge in [0.2, 0.25) is 0 Å². The summed E-state index contributed by atoms with van der Waals surface area (Å²) in [6, 6.07) is 16.4. The first-order chi connectivity index (χ1) is 14.9. The minimum absolute atomic E-state index is 0.267. The first-order valence-electron chi connectivity index (χ1n) is 10.3. The molecule has 0 fully saturated rings. The number of benzene rings is 2. The Hall–Kier alpha value is -3.73. The molecule has 0 bridgehead atoms. The Morgan fingerprint density at radius 1 is 1.03 bits per heavy atom. The van der Waals surface area contributed by atoms with Gasteiger partial charge in [0.15, 0.2) is 0 Å². The fourth-order valence-electron chi connectivity index (χ4n) is 4.93. The molecule has 0 atom stereocenters. The molecule has 0 amide bonds. The van der Waals surface area contributed by atoms with Gasteiger partial charge in [-0.25, -0.2) is 14.8 Å². The molecule has 5 aromatic rings. The highest BCUT2D eigenvalue weighted by Gasteiger charge is 2.33. The first kappa shape index (κ1) is 18.1. The maximum Gasteiger partial charge on any atom is 0.356 e. The van der Waals surface area contributed by atoms with Crippen LogP contribution in [0, 0.1) is 6.92 Å². The van der Waals surface area contributed by atoms with E-state index < -0.39 is 5.97 Å². The van der Waals surface area contributed by atoms with E-state index in [-0.39, 0.29) is 5.41 Å². The molecule has 6 rings (SSSR count). The second-order valence-corrected chi connectivity index (χ2v) is 8.78. The van der Waals surface area contributed by atoms with E-state index in [1.165, 1.54) is 18.2 Å². The van der Waals surface area contributed by atoms with Crippen LogP contribution in [0.5, 0.6) is 0 Å². The zero-order chi connectivity index (χ0) is 21.5. The predicted molar refractivity (Wildman–Crippen MR) is 121 cm³/mol. The molecule has 5 heteroatoms. The normalized spacial score (nSPS) is 14.5. The highest BCUT2D eigenvalue weighted by molar-refractivity contribution is 6.14. The summed E-state index contributed by atoms with van der Waals surface area (Å²) >= 11 is 0. The Morgan fingerprint density at radius 3 is 2.65 bits per heavy atom. The first-order valence-corrected chi connectivity index (χ1v) is 10.3. The van der Waals surface area contributed by atoms with Gasteiger partial charge in [-0.1, -0.05) is 49.7 Å². The highest BCUT2D eigenvalue weighted by atomic mass is 16.5. The van der Waals surface area contributed by atoms with E-state index in [0.29, 0.717) is 5.69 Å². The number of ether oxygens (including phenoxy) is 1. The van der Waals surface area contributed by atoms with Crippen LogP contribution in [0.3, 0.4) is 0 Å². The average Bonchev–Trinajstić information content (AvgIpc) is 3.09. The molecule has 0 radical (unpaired) electrons. The molecule has 5 nitrogen and oxygen atoms in total. The summed E-state index contributed by atoms with van der Waals surface area (Å²) in [5, 5.41) is 2.88. The number of nitrogens with zero attached hydrogens (tertiary/aromatic N) is 3. The quantitative estimate of drug-likeness (QED) is 0.366. The van der Waals surface area contributed by atoms with E-state index in [2.05, 4.69) is 61.7 Å². The lowest BCUT2D eigenvalue weighted by Crippen LogP contribution is -2.32. The Balaban J connectivity index is 1.89. The van der Waals surface area contributed by atoms with Crippen LogP contribution in [0.2, 0.25) is 0 Å². The van der Waals surface area contributed by atoms with Gasteiger partial charge in [-0.15, -0.1) is 0 Å². The van der Waals surface area contributed by atoms with Crippen LogP contribution in [-0.2, 0) is 10.2 Å². The van der Waals surface area contributed by atoms with Crippen LogP contribution in [-0.4, -0.2) is 22.5 Å². The number of para-hydroxylation sites is 1. The lowest BCUT2D eigenvalue weighted by Gasteiger charge is -2.31. The number of aromatic nitrogens is 2. The monoisotopic (exact) mass is 407 g/mol. The van der Waals surface area contributed by atoms with Crippen molar-refractivity contribution in [3.05, 3.63) is 82.5 Å². The lowest BCUT2D eigenvalue weighted by atomic mass is 9.75. The molecular weight excluding hydrogens is 386 g/mol. The van der Waals surface area contributed by atoms with Crippen molar-refractivity contribution in [2.45, 2.75) is 26.2 Å². The second kappa shape index (κ2) is 5.91. The van der Waals surface area contributed by atoms with Crippen molar-refractivity contribution in [1.82, 2.24) is 9.38 Å². The fraction of sp³-hybridized carbons (Fsp3) is 0.192. The molecule has 152 valence electrons. The molecule has 1 aliphatic heterocycles. The summed E-state index contributed by atoms with van der Waals surface area (Å²) in [7, 11) is 1.38. The van der Waals surface area contributed by atoms with Crippen molar-refractivity contribution < 1.29 is 9.53 Å². The number of carbonyl (C=O) groups excluding carboxylic acids is 1. The topological polar surface area (TPSA) is 56.0 Å². The van der Waals surface area contributed by atoms with Gasteiger partial charge < -0.3 is 9.14 Å². The van der Waals surface area contributed by atoms with Gasteiger partial charge in [-0.2, -0.15) is 0 Å². The van der Waals surface area contributed by atoms with Crippen molar-refractivity contribution in [3.8, 4) is 0 Å². The van der Waals surface area contributed by atoms with Gasteiger partial charge in [-0.3, -0.25) is 0 Å². The van der Waals surface area contributed by atoms with Crippen LogP contribution in [0.25, 0.3) is 27.3 Å². The summed E-state index contributed by atoms with van der Waals surface area (Å²) < 4.78 is 7.20. The molecule has 0 spiro atoms. The number of hydrogen-bond donors (Lipinski definition) is 0. The third-order valence-corrected chi connectivity index (χ3v) is 6.55. The molecule has 0 saturated heterocycles. The maximum atomic E-state index is 12.5. The number of esters is 1. The summed E-state index contributed by atoms with van der Waals surface area (Å²) in [4.78, 5) is 22.3. The van der Waals surface area contributed by atoms with E-state index in [1.807, 2.05) is 18.2 Å². The minimum Gasteiger partial charge on any atom is -0.464 e. The largest absolute Gasteiger partial charge is 0.464 e. The van der Waals surface area contributed by atoms with Gasteiger partial charge in [-0.05, 0) is 30.7 Å². The molecule has 31 heavy (non-hydrogen) atoms. The Bertz CT molecular complexity index is 1630. The fourth-order valence-corrected chi connectivity index (χ4v) is 4.93. The summed E-state index contributed by atoms with van der Waals surface area (Å²) in [6.07, 6.45) is 2.20. The van der Waals surface area contributed by atoms with Gasteiger partial charge >= 0.3 is 5.97 Å². The van der Waals surface area contributed by atoms with Crippen molar-refractivity contribution >= 4 is 39.0 Å². The van der Waals surface area contributed by atoms with Crippen LogP contribution in [0.15, 0.2) is 59.7 Å². The Kier molecular flexibility index (Phi) is 3.45. The molecule has 0 aliphatic carbocycles. The van der Waals surface area contributed by atoms with E-state index in [4.69, 9.17) is 14.7 Å². The third kappa shape index (κ3) is 2.29. The Morgan fingerprint density at radius 2 is 1.84 bits per heavy atom. The van der Waals surface area contributed by atoms with Gasteiger partial charge in [0.25, 0.3) is 0 Å². The Labute approximate surface area is 179 Å². The van der Waals surface area contributed by atoms with E-state index in [0.717, 1.165) is 43.9 Å². The van der Waals surface area contributed by atoms with Crippen LogP contribution in [0.4, 0.5) is 5.69 Å². The summed E-state index contributed by atoms with van der Waals surface area (Å²) in [6.45, 7) is 6.56. The maximum absolute atomic E-state index is 12.5. The van der Waals surface area contributed by atoms with Gasteiger partial charge in [0, 0.05) is 27.9 Å². The summed E-state index contributed by atoms with van der Waals surface area (Å²) in [5.41, 5.74) is 7.26. The van der Waals surface area contributed by atoms with Crippen molar-refractivity contribution in [2.75, 3.05) is 7.11 Å². The number of hydrogen-bond acceptors (Lipinski definition) is 4. The van der Waals surface area contributed by atoms with Gasteiger partial charge in [0.05, 0.1) is 29.2 Å². The molecule has 1 aliphatic rings. The van der Waals surface area contributed by atoms with Crippen LogP contribution in [0.1, 0.15) is 41.0 Å². The molecule has 0 unspecified atom stereocenters. The number of fused-ring (bicyclic) bond motifs is 6. The average molecular weight is 407 g/mol.